The Balaban J connectivity index is 1.97. The molecule has 2 rings (SSSR count). The third kappa shape index (κ3) is 3.48. The van der Waals surface area contributed by atoms with Gasteiger partial charge in [-0.25, -0.2) is 0 Å². The maximum atomic E-state index is 5.87. The first-order valence-corrected chi connectivity index (χ1v) is 7.92. The second-order valence-electron chi connectivity index (χ2n) is 6.20. The molecule has 0 aromatic heterocycles. The van der Waals surface area contributed by atoms with Gasteiger partial charge in [0, 0.05) is 14.2 Å². The molecule has 2 heteroatoms. The molecule has 0 spiro atoms. The van der Waals surface area contributed by atoms with E-state index in [1.807, 2.05) is 14.2 Å². The van der Waals surface area contributed by atoms with E-state index in [0.717, 1.165) is 11.8 Å². The van der Waals surface area contributed by atoms with Crippen LogP contribution in [0.1, 0.15) is 64.2 Å². The number of rotatable bonds is 5. The van der Waals surface area contributed by atoms with Gasteiger partial charge in [-0.3, -0.25) is 0 Å². The zero-order valence-electron chi connectivity index (χ0n) is 12.2. The molecule has 0 aromatic rings. The number of hydrogen-bond acceptors (Lipinski definition) is 2. The van der Waals surface area contributed by atoms with Crippen LogP contribution in [0.15, 0.2) is 0 Å². The van der Waals surface area contributed by atoms with E-state index in [9.17, 15) is 0 Å². The molecule has 18 heavy (non-hydrogen) atoms. The Morgan fingerprint density at radius 3 is 1.22 bits per heavy atom. The number of ether oxygens (including phenoxy) is 2. The largest absolute Gasteiger partial charge is 0.378 e. The summed E-state index contributed by atoms with van der Waals surface area (Å²) in [5.74, 6) is 1.46. The van der Waals surface area contributed by atoms with Gasteiger partial charge in [-0.2, -0.15) is 0 Å². The predicted octanol–water partition coefficient (Wildman–Crippen LogP) is 4.18. The molecule has 2 aliphatic carbocycles. The van der Waals surface area contributed by atoms with Crippen LogP contribution in [0.5, 0.6) is 0 Å². The average Bonchev–Trinajstić information content (AvgIpc) is 2.46. The van der Waals surface area contributed by atoms with Crippen LogP contribution in [0.3, 0.4) is 0 Å². The van der Waals surface area contributed by atoms with Crippen molar-refractivity contribution in [1.82, 2.24) is 0 Å². The monoisotopic (exact) mass is 254 g/mol. The zero-order chi connectivity index (χ0) is 12.8. The van der Waals surface area contributed by atoms with Crippen LogP contribution in [0.2, 0.25) is 0 Å². The van der Waals surface area contributed by atoms with Gasteiger partial charge in [-0.15, -0.1) is 0 Å². The smallest absolute Gasteiger partial charge is 0.0863 e. The highest BCUT2D eigenvalue weighted by Crippen LogP contribution is 2.36. The molecule has 2 nitrogen and oxygen atoms in total. The summed E-state index contributed by atoms with van der Waals surface area (Å²) in [6, 6.07) is 0. The first kappa shape index (κ1) is 14.3. The van der Waals surface area contributed by atoms with Crippen LogP contribution in [0, 0.1) is 11.8 Å². The van der Waals surface area contributed by atoms with Gasteiger partial charge in [-0.05, 0) is 37.5 Å². The first-order valence-electron chi connectivity index (χ1n) is 7.92. The molecule has 0 aliphatic heterocycles. The molecule has 2 fully saturated rings. The molecule has 0 aromatic carbocycles. The second kappa shape index (κ2) is 7.49. The lowest BCUT2D eigenvalue weighted by Crippen LogP contribution is -2.43. The van der Waals surface area contributed by atoms with E-state index in [0.29, 0.717) is 12.2 Å². The van der Waals surface area contributed by atoms with Gasteiger partial charge in [0.1, 0.15) is 0 Å². The predicted molar refractivity (Wildman–Crippen MR) is 74.7 cm³/mol. The van der Waals surface area contributed by atoms with Crippen molar-refractivity contribution in [3.63, 3.8) is 0 Å². The third-order valence-corrected chi connectivity index (χ3v) is 5.10. The highest BCUT2D eigenvalue weighted by molar-refractivity contribution is 4.86. The van der Waals surface area contributed by atoms with Crippen molar-refractivity contribution in [1.29, 1.82) is 0 Å². The summed E-state index contributed by atoms with van der Waals surface area (Å²) < 4.78 is 11.7. The highest BCUT2D eigenvalue weighted by atomic mass is 16.5. The van der Waals surface area contributed by atoms with Gasteiger partial charge in [0.05, 0.1) is 12.2 Å². The minimum absolute atomic E-state index is 0.332. The Morgan fingerprint density at radius 1 is 0.611 bits per heavy atom. The maximum Gasteiger partial charge on any atom is 0.0863 e. The van der Waals surface area contributed by atoms with Gasteiger partial charge in [0.2, 0.25) is 0 Å². The molecule has 0 bridgehead atoms. The molecule has 0 amide bonds. The second-order valence-corrected chi connectivity index (χ2v) is 6.20. The van der Waals surface area contributed by atoms with Crippen LogP contribution in [0.25, 0.3) is 0 Å². The Labute approximate surface area is 112 Å². The summed E-state index contributed by atoms with van der Waals surface area (Å²) in [6.07, 6.45) is 14.4. The fourth-order valence-corrected chi connectivity index (χ4v) is 4.12. The van der Waals surface area contributed by atoms with Crippen LogP contribution in [-0.2, 0) is 9.47 Å². The lowest BCUT2D eigenvalue weighted by molar-refractivity contribution is -0.101. The standard InChI is InChI=1S/C16H30O2/c1-17-15(13-9-5-3-6-10-13)16(18-2)14-11-7-4-8-12-14/h13-16H,3-12H2,1-2H3/t15-,16?/m1/s1. The highest BCUT2D eigenvalue weighted by Gasteiger charge is 2.36. The van der Waals surface area contributed by atoms with Crippen LogP contribution >= 0.6 is 0 Å². The lowest BCUT2D eigenvalue weighted by atomic mass is 9.76. The van der Waals surface area contributed by atoms with Crippen LogP contribution < -0.4 is 0 Å². The molecule has 2 atom stereocenters. The topological polar surface area (TPSA) is 18.5 Å². The summed E-state index contributed by atoms with van der Waals surface area (Å²) >= 11 is 0. The van der Waals surface area contributed by atoms with Gasteiger partial charge in [-0.1, -0.05) is 38.5 Å². The van der Waals surface area contributed by atoms with Crippen molar-refractivity contribution in [2.24, 2.45) is 11.8 Å². The van der Waals surface area contributed by atoms with Crippen molar-refractivity contribution < 1.29 is 9.47 Å². The fraction of sp³-hybridized carbons (Fsp3) is 1.00. The van der Waals surface area contributed by atoms with Crippen molar-refractivity contribution >= 4 is 0 Å². The van der Waals surface area contributed by atoms with Gasteiger partial charge >= 0.3 is 0 Å². The molecule has 0 radical (unpaired) electrons. The molecule has 0 heterocycles. The van der Waals surface area contributed by atoms with Gasteiger partial charge in [0.25, 0.3) is 0 Å². The Bertz CT molecular complexity index is 193. The van der Waals surface area contributed by atoms with E-state index in [1.165, 1.54) is 64.2 Å². The first-order chi connectivity index (χ1) is 8.86. The normalized spacial score (nSPS) is 27.0. The molecule has 0 N–H and O–H groups in total. The van der Waals surface area contributed by atoms with Crippen molar-refractivity contribution in [2.45, 2.75) is 76.4 Å². The van der Waals surface area contributed by atoms with E-state index in [4.69, 9.17) is 9.47 Å². The molecular formula is C16H30O2. The summed E-state index contributed by atoms with van der Waals surface area (Å²) in [5, 5.41) is 0. The Hall–Kier alpha value is -0.0800. The minimum atomic E-state index is 0.332. The van der Waals surface area contributed by atoms with E-state index < -0.39 is 0 Å². The summed E-state index contributed by atoms with van der Waals surface area (Å²) in [4.78, 5) is 0. The van der Waals surface area contributed by atoms with Crippen molar-refractivity contribution in [3.8, 4) is 0 Å². The van der Waals surface area contributed by atoms with E-state index in [2.05, 4.69) is 0 Å². The molecular weight excluding hydrogens is 224 g/mol. The molecule has 1 unspecified atom stereocenters. The summed E-state index contributed by atoms with van der Waals surface area (Å²) in [6.45, 7) is 0. The summed E-state index contributed by atoms with van der Waals surface area (Å²) in [7, 11) is 3.77. The van der Waals surface area contributed by atoms with E-state index in [1.54, 1.807) is 0 Å². The minimum Gasteiger partial charge on any atom is -0.378 e. The third-order valence-electron chi connectivity index (χ3n) is 5.10. The van der Waals surface area contributed by atoms with Crippen molar-refractivity contribution in [2.75, 3.05) is 14.2 Å². The van der Waals surface area contributed by atoms with E-state index >= 15 is 0 Å². The molecule has 106 valence electrons. The lowest BCUT2D eigenvalue weighted by Gasteiger charge is -2.39. The average molecular weight is 254 g/mol. The van der Waals surface area contributed by atoms with Gasteiger partial charge < -0.3 is 9.47 Å². The Morgan fingerprint density at radius 2 is 0.944 bits per heavy atom. The SMILES string of the molecule is COC(C1CCCCC1)[C@H](OC)C1CCCCC1. The van der Waals surface area contributed by atoms with Gasteiger partial charge in [0.15, 0.2) is 0 Å². The Kier molecular flexibility index (Phi) is 5.97. The quantitative estimate of drug-likeness (QED) is 0.733. The van der Waals surface area contributed by atoms with Crippen molar-refractivity contribution in [3.05, 3.63) is 0 Å². The van der Waals surface area contributed by atoms with Crippen LogP contribution in [0.4, 0.5) is 0 Å². The molecule has 2 saturated carbocycles. The molecule has 2 aliphatic rings. The number of methoxy groups -OCH3 is 2. The number of hydrogen-bond donors (Lipinski definition) is 0. The van der Waals surface area contributed by atoms with Crippen LogP contribution in [-0.4, -0.2) is 26.4 Å². The molecule has 0 saturated heterocycles. The summed E-state index contributed by atoms with van der Waals surface area (Å²) in [5.41, 5.74) is 0. The fourth-order valence-electron chi connectivity index (χ4n) is 4.12. The zero-order valence-corrected chi connectivity index (χ0v) is 12.2. The van der Waals surface area contributed by atoms with E-state index in [-0.39, 0.29) is 0 Å². The maximum absolute atomic E-state index is 5.87.